The molecule has 2 aliphatic heterocycles. The van der Waals surface area contributed by atoms with Gasteiger partial charge in [-0.1, -0.05) is 11.6 Å². The number of fused-ring (bicyclic) bond motifs is 3. The topological polar surface area (TPSA) is 83.9 Å². The largest absolute Gasteiger partial charge is 0.463 e. The second-order valence-electron chi connectivity index (χ2n) is 12.6. The molecule has 3 atom stereocenters. The first kappa shape index (κ1) is 27.9. The molecule has 2 aromatic heterocycles. The fraction of sp³-hybridized carbons (Fsp3) is 0.692. The van der Waals surface area contributed by atoms with Crippen molar-refractivity contribution in [3.05, 3.63) is 17.2 Å². The summed E-state index contributed by atoms with van der Waals surface area (Å²) in [7, 11) is 3.44. The van der Waals surface area contributed by atoms with Gasteiger partial charge in [0.2, 0.25) is 0 Å². The molecule has 3 aliphatic rings. The summed E-state index contributed by atoms with van der Waals surface area (Å²) in [5.41, 5.74) is -2.67. The lowest BCUT2D eigenvalue weighted by molar-refractivity contribution is -0.00285. The number of rotatable bonds is 6. The molecule has 0 spiro atoms. The fourth-order valence-electron chi connectivity index (χ4n) is 5.94. The number of alkyl halides is 2. The van der Waals surface area contributed by atoms with Gasteiger partial charge >= 0.3 is 12.1 Å². The first-order chi connectivity index (χ1) is 18.0. The van der Waals surface area contributed by atoms with Gasteiger partial charge in [0, 0.05) is 32.3 Å². The zero-order valence-corrected chi connectivity index (χ0v) is 23.8. The van der Waals surface area contributed by atoms with Crippen molar-refractivity contribution in [2.45, 2.75) is 70.1 Å². The van der Waals surface area contributed by atoms with E-state index < -0.39 is 28.3 Å². The lowest BCUT2D eigenvalue weighted by Gasteiger charge is -2.47. The van der Waals surface area contributed by atoms with Crippen LogP contribution in [0.5, 0.6) is 6.01 Å². The van der Waals surface area contributed by atoms with Crippen molar-refractivity contribution in [3.8, 4) is 6.01 Å². The Hall–Kier alpha value is -2.60. The molecule has 3 fully saturated rings. The van der Waals surface area contributed by atoms with E-state index >= 15 is 4.39 Å². The molecule has 2 bridgehead atoms. The van der Waals surface area contributed by atoms with E-state index in [4.69, 9.17) is 21.1 Å². The summed E-state index contributed by atoms with van der Waals surface area (Å²) in [6.07, 6.45) is 2.22. The Balaban J connectivity index is 1.47. The van der Waals surface area contributed by atoms with Crippen LogP contribution in [-0.2, 0) is 4.74 Å². The van der Waals surface area contributed by atoms with Crippen LogP contribution in [0.2, 0.25) is 5.15 Å². The van der Waals surface area contributed by atoms with Crippen molar-refractivity contribution in [1.82, 2.24) is 24.8 Å². The van der Waals surface area contributed by atoms with E-state index in [-0.39, 0.29) is 48.4 Å². The number of hydrogen-bond acceptors (Lipinski definition) is 8. The Bertz CT molecular complexity index is 1310. The Labute approximate surface area is 230 Å². The molecule has 0 unspecified atom stereocenters. The number of carbonyl (C=O) groups is 1. The van der Waals surface area contributed by atoms with Crippen LogP contribution in [-0.4, -0.2) is 94.3 Å². The highest BCUT2D eigenvalue weighted by Crippen LogP contribution is 2.60. The van der Waals surface area contributed by atoms with Crippen LogP contribution in [0.4, 0.5) is 23.8 Å². The van der Waals surface area contributed by atoms with E-state index in [1.807, 2.05) is 32.6 Å². The van der Waals surface area contributed by atoms with Crippen molar-refractivity contribution in [2.24, 2.45) is 5.41 Å². The maximum Gasteiger partial charge on any atom is 0.411 e. The van der Waals surface area contributed by atoms with Gasteiger partial charge < -0.3 is 19.3 Å². The van der Waals surface area contributed by atoms with Crippen molar-refractivity contribution in [1.29, 1.82) is 0 Å². The second kappa shape index (κ2) is 9.22. The van der Waals surface area contributed by atoms with E-state index in [2.05, 4.69) is 15.0 Å². The Kier molecular flexibility index (Phi) is 6.61. The molecule has 0 radical (unpaired) electrons. The molecule has 1 aliphatic carbocycles. The van der Waals surface area contributed by atoms with Gasteiger partial charge in [-0.25, -0.2) is 22.9 Å². The van der Waals surface area contributed by atoms with Crippen molar-refractivity contribution in [2.75, 3.05) is 45.2 Å². The molecule has 0 N–H and O–H groups in total. The first-order valence-electron chi connectivity index (χ1n) is 13.0. The van der Waals surface area contributed by atoms with Gasteiger partial charge in [0.15, 0.2) is 11.0 Å². The number of nitrogens with zero attached hydrogens (tertiary/aromatic N) is 6. The normalized spacial score (nSPS) is 27.8. The van der Waals surface area contributed by atoms with E-state index in [9.17, 15) is 13.6 Å². The van der Waals surface area contributed by atoms with Crippen LogP contribution in [0.3, 0.4) is 0 Å². The third-order valence-electron chi connectivity index (χ3n) is 7.72. The highest BCUT2D eigenvalue weighted by molar-refractivity contribution is 6.30. The summed E-state index contributed by atoms with van der Waals surface area (Å²) >= 11 is 5.95. The predicted octanol–water partition coefficient (Wildman–Crippen LogP) is 4.76. The molecule has 13 heteroatoms. The van der Waals surface area contributed by atoms with Gasteiger partial charge in [-0.2, -0.15) is 9.97 Å². The number of halogens is 4. The molecule has 2 saturated heterocycles. The predicted molar refractivity (Wildman–Crippen MR) is 140 cm³/mol. The zero-order valence-electron chi connectivity index (χ0n) is 23.0. The van der Waals surface area contributed by atoms with Crippen LogP contribution < -0.4 is 9.64 Å². The Morgan fingerprint density at radius 2 is 1.97 bits per heavy atom. The summed E-state index contributed by atoms with van der Waals surface area (Å²) in [6, 6.07) is -0.377. The summed E-state index contributed by atoms with van der Waals surface area (Å²) in [4.78, 5) is 31.2. The summed E-state index contributed by atoms with van der Waals surface area (Å²) in [6.45, 7) is 8.06. The van der Waals surface area contributed by atoms with E-state index in [1.54, 1.807) is 23.9 Å². The number of piperazine rings is 1. The molecule has 1 amide bonds. The van der Waals surface area contributed by atoms with Gasteiger partial charge in [-0.3, -0.25) is 4.90 Å². The smallest absolute Gasteiger partial charge is 0.411 e. The third-order valence-corrected chi connectivity index (χ3v) is 7.99. The van der Waals surface area contributed by atoms with Crippen LogP contribution in [0.15, 0.2) is 6.20 Å². The molecule has 0 aromatic carbocycles. The number of pyridine rings is 1. The van der Waals surface area contributed by atoms with Gasteiger partial charge in [-0.15, -0.1) is 0 Å². The fourth-order valence-corrected chi connectivity index (χ4v) is 6.07. The van der Waals surface area contributed by atoms with Crippen LogP contribution in [0, 0.1) is 11.2 Å². The number of hydrogen-bond donors (Lipinski definition) is 0. The van der Waals surface area contributed by atoms with Crippen LogP contribution >= 0.6 is 11.6 Å². The first-order valence-corrected chi connectivity index (χ1v) is 13.4. The molecule has 2 aromatic rings. The highest BCUT2D eigenvalue weighted by atomic mass is 35.5. The zero-order chi connectivity index (χ0) is 28.5. The number of amides is 1. The minimum atomic E-state index is -2.87. The molecule has 4 heterocycles. The van der Waals surface area contributed by atoms with Crippen LogP contribution in [0.1, 0.15) is 47.0 Å². The minimum Gasteiger partial charge on any atom is -0.463 e. The number of carbonyl (C=O) groups excluding carboxylic acids is 1. The molecular formula is C26H34ClF3N6O3. The summed E-state index contributed by atoms with van der Waals surface area (Å²) < 4.78 is 55.2. The number of anilines is 1. The van der Waals surface area contributed by atoms with Crippen molar-refractivity contribution < 1.29 is 27.4 Å². The van der Waals surface area contributed by atoms with Crippen molar-refractivity contribution in [3.63, 3.8) is 0 Å². The average molecular weight is 571 g/mol. The molecule has 1 saturated carbocycles. The lowest BCUT2D eigenvalue weighted by Crippen LogP contribution is -2.63. The summed E-state index contributed by atoms with van der Waals surface area (Å²) in [5, 5.41) is -0.0459. The SMILES string of the molecule is CN(C)C[C@@]1(COc2nc(N3C[C@H]4CC[C@@](C)(C3)N4C(=O)OC(C)(C)C)c3cnc(Cl)c(F)c3n2)CC1(F)F. The second-order valence-corrected chi connectivity index (χ2v) is 12.9. The van der Waals surface area contributed by atoms with Gasteiger partial charge in [0.05, 0.1) is 22.4 Å². The maximum absolute atomic E-state index is 15.1. The van der Waals surface area contributed by atoms with E-state index in [0.717, 1.165) is 12.8 Å². The van der Waals surface area contributed by atoms with Gasteiger partial charge in [0.25, 0.3) is 5.92 Å². The van der Waals surface area contributed by atoms with Crippen molar-refractivity contribution >= 4 is 34.4 Å². The molecule has 214 valence electrons. The standard InChI is InChI=1S/C26H34ClF3N6O3/c1-23(2,3)39-22(37)36-15-7-8-24(36,4)12-35(10-15)20-16-9-31-19(27)17(28)18(16)32-21(33-20)38-14-25(13-34(5)6)11-26(25,29)30/h9,15H,7-8,10-14H2,1-6H3/t15-,24+,25-/m1/s1. The Morgan fingerprint density at radius 1 is 1.28 bits per heavy atom. The molecule has 9 nitrogen and oxygen atoms in total. The lowest BCUT2D eigenvalue weighted by atomic mass is 9.98. The molecule has 39 heavy (non-hydrogen) atoms. The third kappa shape index (κ3) is 5.05. The summed E-state index contributed by atoms with van der Waals surface area (Å²) in [5.74, 6) is -3.37. The molecule has 5 rings (SSSR count). The number of ether oxygens (including phenoxy) is 2. The molecular weight excluding hydrogens is 537 g/mol. The highest BCUT2D eigenvalue weighted by Gasteiger charge is 2.71. The Morgan fingerprint density at radius 3 is 2.56 bits per heavy atom. The van der Waals surface area contributed by atoms with E-state index in [1.165, 1.54) is 6.20 Å². The van der Waals surface area contributed by atoms with Gasteiger partial charge in [-0.05, 0) is 54.6 Å². The average Bonchev–Trinajstić information content (AvgIpc) is 3.26. The number of aromatic nitrogens is 3. The van der Waals surface area contributed by atoms with E-state index in [0.29, 0.717) is 24.3 Å². The minimum absolute atomic E-state index is 0.105. The quantitative estimate of drug-likeness (QED) is 0.460. The maximum atomic E-state index is 15.1. The van der Waals surface area contributed by atoms with Gasteiger partial charge in [0.1, 0.15) is 23.5 Å². The van der Waals surface area contributed by atoms with Crippen LogP contribution in [0.25, 0.3) is 10.9 Å². The monoisotopic (exact) mass is 570 g/mol.